The number of hydroxylamine groups is 1. The third-order valence-electron chi connectivity index (χ3n) is 3.21. The number of benzene rings is 2. The van der Waals surface area contributed by atoms with Crippen molar-refractivity contribution in [1.29, 1.82) is 0 Å². The lowest BCUT2D eigenvalue weighted by molar-refractivity contribution is -0.129. The molecule has 0 radical (unpaired) electrons. The van der Waals surface area contributed by atoms with Gasteiger partial charge in [-0.1, -0.05) is 72.0 Å². The molecule has 0 spiro atoms. The lowest BCUT2D eigenvalue weighted by Gasteiger charge is -2.11. The zero-order chi connectivity index (χ0) is 15.4. The van der Waals surface area contributed by atoms with Crippen molar-refractivity contribution in [2.24, 2.45) is 0 Å². The summed E-state index contributed by atoms with van der Waals surface area (Å²) >= 11 is 1.34. The minimum atomic E-state index is -0.679. The van der Waals surface area contributed by atoms with Gasteiger partial charge in [0.2, 0.25) is 0 Å². The van der Waals surface area contributed by atoms with Gasteiger partial charge in [0.15, 0.2) is 0 Å². The maximum Gasteiger partial charge on any atom is 0.257 e. The Balaban J connectivity index is 1.99. The van der Waals surface area contributed by atoms with E-state index in [0.717, 1.165) is 16.1 Å². The maximum atomic E-state index is 12.0. The smallest absolute Gasteiger partial charge is 0.257 e. The quantitative estimate of drug-likeness (QED) is 0.574. The van der Waals surface area contributed by atoms with Gasteiger partial charge in [-0.05, 0) is 5.56 Å². The van der Waals surface area contributed by atoms with Gasteiger partial charge in [0.05, 0.1) is 0 Å². The van der Waals surface area contributed by atoms with E-state index in [9.17, 15) is 4.79 Å². The van der Waals surface area contributed by atoms with Crippen molar-refractivity contribution in [3.63, 3.8) is 0 Å². The molecule has 3 aromatic rings. The fraction of sp³-hybridized carbons (Fsp3) is 0.0625. The predicted molar refractivity (Wildman–Crippen MR) is 83.6 cm³/mol. The molecule has 0 aliphatic rings. The topological polar surface area (TPSA) is 75.1 Å². The van der Waals surface area contributed by atoms with Crippen molar-refractivity contribution in [2.75, 3.05) is 0 Å². The summed E-state index contributed by atoms with van der Waals surface area (Å²) in [7, 11) is 0. The normalized spacial score (nSPS) is 11.9. The van der Waals surface area contributed by atoms with Crippen LogP contribution in [-0.2, 0) is 4.79 Å². The van der Waals surface area contributed by atoms with E-state index in [4.69, 9.17) is 5.21 Å². The number of nitrogens with one attached hydrogen (secondary N) is 1. The minimum absolute atomic E-state index is 0.526. The van der Waals surface area contributed by atoms with E-state index in [1.807, 2.05) is 60.7 Å². The molecule has 0 saturated carbocycles. The van der Waals surface area contributed by atoms with Crippen LogP contribution < -0.4 is 5.48 Å². The molecule has 6 heteroatoms. The van der Waals surface area contributed by atoms with Gasteiger partial charge in [0.25, 0.3) is 5.91 Å². The lowest BCUT2D eigenvalue weighted by Crippen LogP contribution is -2.27. The summed E-state index contributed by atoms with van der Waals surface area (Å²) in [5.74, 6) is -1.21. The van der Waals surface area contributed by atoms with Crippen molar-refractivity contribution < 1.29 is 10.0 Å². The highest BCUT2D eigenvalue weighted by molar-refractivity contribution is 7.14. The second kappa shape index (κ2) is 6.46. The molecular weight excluding hydrogens is 298 g/mol. The van der Waals surface area contributed by atoms with Gasteiger partial charge in [0.1, 0.15) is 15.9 Å². The zero-order valence-electron chi connectivity index (χ0n) is 11.5. The molecule has 3 rings (SSSR count). The number of aromatic nitrogens is 2. The van der Waals surface area contributed by atoms with E-state index in [1.165, 1.54) is 11.3 Å². The standard InChI is InChI=1S/C16H13N3O2S/c20-14(19-21)13(11-7-3-1-4-8-11)16-18-17-15(22-16)12-9-5-2-6-10-12/h1-10,13,21H,(H,19,20). The van der Waals surface area contributed by atoms with Gasteiger partial charge >= 0.3 is 0 Å². The molecule has 0 bridgehead atoms. The maximum absolute atomic E-state index is 12.0. The summed E-state index contributed by atoms with van der Waals surface area (Å²) in [5, 5.41) is 18.6. The Morgan fingerprint density at radius 2 is 1.64 bits per heavy atom. The molecule has 0 fully saturated rings. The fourth-order valence-electron chi connectivity index (χ4n) is 2.16. The van der Waals surface area contributed by atoms with Crippen LogP contribution in [0.4, 0.5) is 0 Å². The molecule has 1 aromatic heterocycles. The van der Waals surface area contributed by atoms with Crippen LogP contribution in [0.1, 0.15) is 16.5 Å². The van der Waals surface area contributed by atoms with Crippen LogP contribution in [0.15, 0.2) is 60.7 Å². The summed E-state index contributed by atoms with van der Waals surface area (Å²) < 4.78 is 0. The van der Waals surface area contributed by atoms with Gasteiger partial charge in [-0.2, -0.15) is 0 Å². The van der Waals surface area contributed by atoms with Crippen LogP contribution >= 0.6 is 11.3 Å². The van der Waals surface area contributed by atoms with Crippen LogP contribution in [0, 0.1) is 0 Å². The van der Waals surface area contributed by atoms with Gasteiger partial charge in [-0.25, -0.2) is 5.48 Å². The molecule has 1 amide bonds. The highest BCUT2D eigenvalue weighted by Gasteiger charge is 2.26. The van der Waals surface area contributed by atoms with Gasteiger partial charge in [-0.15, -0.1) is 10.2 Å². The van der Waals surface area contributed by atoms with Crippen LogP contribution in [0.5, 0.6) is 0 Å². The first kappa shape index (κ1) is 14.4. The number of carbonyl (C=O) groups is 1. The Kier molecular flexibility index (Phi) is 4.22. The first-order chi connectivity index (χ1) is 10.8. The molecule has 1 heterocycles. The Morgan fingerprint density at radius 3 is 2.27 bits per heavy atom. The second-order valence-corrected chi connectivity index (χ2v) is 5.64. The summed E-state index contributed by atoms with van der Waals surface area (Å²) in [6.07, 6.45) is 0. The number of amides is 1. The summed E-state index contributed by atoms with van der Waals surface area (Å²) in [5.41, 5.74) is 3.41. The van der Waals surface area contributed by atoms with Crippen molar-refractivity contribution in [1.82, 2.24) is 15.7 Å². The average molecular weight is 311 g/mol. The molecule has 2 N–H and O–H groups in total. The molecule has 0 saturated heterocycles. The highest BCUT2D eigenvalue weighted by atomic mass is 32.1. The molecule has 1 atom stereocenters. The van der Waals surface area contributed by atoms with Gasteiger partial charge < -0.3 is 0 Å². The van der Waals surface area contributed by atoms with Crippen molar-refractivity contribution in [3.05, 3.63) is 71.2 Å². The second-order valence-electron chi connectivity index (χ2n) is 4.63. The molecule has 5 nitrogen and oxygen atoms in total. The van der Waals surface area contributed by atoms with E-state index >= 15 is 0 Å². The van der Waals surface area contributed by atoms with E-state index in [-0.39, 0.29) is 0 Å². The number of carbonyl (C=O) groups excluding carboxylic acids is 1. The molecule has 110 valence electrons. The van der Waals surface area contributed by atoms with Crippen LogP contribution in [0.25, 0.3) is 10.6 Å². The molecular formula is C16H13N3O2S. The number of rotatable bonds is 4. The van der Waals surface area contributed by atoms with Crippen LogP contribution in [0.2, 0.25) is 0 Å². The monoisotopic (exact) mass is 311 g/mol. The van der Waals surface area contributed by atoms with Crippen LogP contribution in [-0.4, -0.2) is 21.3 Å². The van der Waals surface area contributed by atoms with E-state index in [1.54, 1.807) is 5.48 Å². The SMILES string of the molecule is O=C(NO)C(c1ccccc1)c1nnc(-c2ccccc2)s1. The molecule has 2 aromatic carbocycles. The van der Waals surface area contributed by atoms with Gasteiger partial charge in [0, 0.05) is 5.56 Å². The fourth-order valence-corrected chi connectivity index (χ4v) is 3.14. The lowest BCUT2D eigenvalue weighted by atomic mass is 9.99. The number of hydrogen-bond acceptors (Lipinski definition) is 5. The van der Waals surface area contributed by atoms with E-state index < -0.39 is 11.8 Å². The third-order valence-corrected chi connectivity index (χ3v) is 4.25. The van der Waals surface area contributed by atoms with Crippen molar-refractivity contribution >= 4 is 17.2 Å². The van der Waals surface area contributed by atoms with E-state index in [0.29, 0.717) is 5.01 Å². The van der Waals surface area contributed by atoms with Crippen LogP contribution in [0.3, 0.4) is 0 Å². The number of nitrogens with zero attached hydrogens (tertiary/aromatic N) is 2. The first-order valence-electron chi connectivity index (χ1n) is 6.67. The largest absolute Gasteiger partial charge is 0.289 e. The van der Waals surface area contributed by atoms with Gasteiger partial charge in [-0.3, -0.25) is 10.0 Å². The average Bonchev–Trinajstić information content (AvgIpc) is 3.06. The third kappa shape index (κ3) is 2.88. The minimum Gasteiger partial charge on any atom is -0.289 e. The molecule has 0 aliphatic heterocycles. The number of hydrogen-bond donors (Lipinski definition) is 2. The Bertz CT molecular complexity index is 759. The molecule has 0 aliphatic carbocycles. The Labute approximate surface area is 131 Å². The summed E-state index contributed by atoms with van der Waals surface area (Å²) in [6.45, 7) is 0. The first-order valence-corrected chi connectivity index (χ1v) is 7.49. The summed E-state index contributed by atoms with van der Waals surface area (Å²) in [6, 6.07) is 18.8. The Morgan fingerprint density at radius 1 is 1.00 bits per heavy atom. The Hall–Kier alpha value is -2.57. The summed E-state index contributed by atoms with van der Waals surface area (Å²) in [4.78, 5) is 12.0. The van der Waals surface area contributed by atoms with Crippen molar-refractivity contribution in [2.45, 2.75) is 5.92 Å². The molecule has 22 heavy (non-hydrogen) atoms. The molecule has 1 unspecified atom stereocenters. The zero-order valence-corrected chi connectivity index (χ0v) is 12.3. The van der Waals surface area contributed by atoms with E-state index in [2.05, 4.69) is 10.2 Å². The predicted octanol–water partition coefficient (Wildman–Crippen LogP) is 2.84. The van der Waals surface area contributed by atoms with Crippen molar-refractivity contribution in [3.8, 4) is 10.6 Å². The highest BCUT2D eigenvalue weighted by Crippen LogP contribution is 2.31.